The van der Waals surface area contributed by atoms with Crippen LogP contribution in [0.1, 0.15) is 17.3 Å². The van der Waals surface area contributed by atoms with Crippen molar-refractivity contribution in [1.82, 2.24) is 19.8 Å². The normalized spacial score (nSPS) is 13.2. The quantitative estimate of drug-likeness (QED) is 0.449. The third-order valence-corrected chi connectivity index (χ3v) is 5.11. The summed E-state index contributed by atoms with van der Waals surface area (Å²) in [6.45, 7) is 0. The van der Waals surface area contributed by atoms with E-state index in [1.54, 1.807) is 22.7 Å². The second kappa shape index (κ2) is 5.19. The fourth-order valence-corrected chi connectivity index (χ4v) is 3.92. The van der Waals surface area contributed by atoms with Gasteiger partial charge in [0.15, 0.2) is 4.96 Å². The number of fused-ring (bicyclic) bond motifs is 2. The molecule has 4 heterocycles. The molecule has 21 heavy (non-hydrogen) atoms. The van der Waals surface area contributed by atoms with Crippen LogP contribution in [0.15, 0.2) is 41.5 Å². The SMILES string of the molecule is NNC(Cc1cn2ccsc2n1)c1cnc2ccsc2c1. The van der Waals surface area contributed by atoms with Crippen LogP contribution in [0, 0.1) is 0 Å². The van der Waals surface area contributed by atoms with Crippen molar-refractivity contribution in [1.29, 1.82) is 0 Å². The lowest BCUT2D eigenvalue weighted by Gasteiger charge is -2.14. The zero-order chi connectivity index (χ0) is 14.2. The van der Waals surface area contributed by atoms with Crippen molar-refractivity contribution in [3.63, 3.8) is 0 Å². The van der Waals surface area contributed by atoms with Gasteiger partial charge in [-0.3, -0.25) is 20.7 Å². The summed E-state index contributed by atoms with van der Waals surface area (Å²) >= 11 is 3.32. The first kappa shape index (κ1) is 12.9. The van der Waals surface area contributed by atoms with Crippen molar-refractivity contribution in [3.8, 4) is 0 Å². The average Bonchev–Trinajstić information content (AvgIpc) is 3.18. The van der Waals surface area contributed by atoms with Crippen LogP contribution < -0.4 is 11.3 Å². The Morgan fingerprint density at radius 3 is 3.14 bits per heavy atom. The lowest BCUT2D eigenvalue weighted by molar-refractivity contribution is 0.546. The van der Waals surface area contributed by atoms with Crippen LogP contribution in [-0.2, 0) is 6.42 Å². The molecule has 106 valence electrons. The molecule has 0 fully saturated rings. The summed E-state index contributed by atoms with van der Waals surface area (Å²) in [6.07, 6.45) is 6.69. The summed E-state index contributed by atoms with van der Waals surface area (Å²) in [5, 5.41) is 4.08. The zero-order valence-corrected chi connectivity index (χ0v) is 12.7. The van der Waals surface area contributed by atoms with Crippen molar-refractivity contribution >= 4 is 37.9 Å². The topological polar surface area (TPSA) is 68.2 Å². The lowest BCUT2D eigenvalue weighted by Crippen LogP contribution is -2.29. The summed E-state index contributed by atoms with van der Waals surface area (Å²) in [4.78, 5) is 10.1. The van der Waals surface area contributed by atoms with Gasteiger partial charge in [-0.2, -0.15) is 0 Å². The van der Waals surface area contributed by atoms with Gasteiger partial charge in [-0.15, -0.1) is 22.7 Å². The predicted molar refractivity (Wildman–Crippen MR) is 86.5 cm³/mol. The standard InChI is InChI=1S/C14H13N5S2/c15-18-12(6-10-8-19-2-4-21-14(19)17-10)9-5-13-11(16-7-9)1-3-20-13/h1-5,7-8,12,18H,6,15H2. The van der Waals surface area contributed by atoms with Crippen LogP contribution in [0.3, 0.4) is 0 Å². The molecule has 4 rings (SSSR count). The Labute approximate surface area is 129 Å². The van der Waals surface area contributed by atoms with Gasteiger partial charge in [0.1, 0.15) is 0 Å². The van der Waals surface area contributed by atoms with E-state index in [4.69, 9.17) is 5.84 Å². The van der Waals surface area contributed by atoms with E-state index in [0.717, 1.165) is 28.2 Å². The van der Waals surface area contributed by atoms with E-state index >= 15 is 0 Å². The zero-order valence-electron chi connectivity index (χ0n) is 11.1. The van der Waals surface area contributed by atoms with Crippen LogP contribution in [0.4, 0.5) is 0 Å². The number of rotatable bonds is 4. The molecular formula is C14H13N5S2. The van der Waals surface area contributed by atoms with Crippen LogP contribution >= 0.6 is 22.7 Å². The fourth-order valence-electron chi connectivity index (χ4n) is 2.41. The minimum atomic E-state index is 0.00797. The Kier molecular flexibility index (Phi) is 3.19. The first-order valence-corrected chi connectivity index (χ1v) is 8.30. The molecule has 0 saturated heterocycles. The van der Waals surface area contributed by atoms with Crippen LogP contribution in [0.25, 0.3) is 15.2 Å². The lowest BCUT2D eigenvalue weighted by atomic mass is 10.0. The molecule has 0 radical (unpaired) electrons. The molecule has 0 saturated carbocycles. The van der Waals surface area contributed by atoms with Gasteiger partial charge in [0.2, 0.25) is 0 Å². The largest absolute Gasteiger partial charge is 0.297 e. The fraction of sp³-hybridized carbons (Fsp3) is 0.143. The van der Waals surface area contributed by atoms with Gasteiger partial charge < -0.3 is 0 Å². The number of nitrogens with two attached hydrogens (primary N) is 1. The Morgan fingerprint density at radius 2 is 2.29 bits per heavy atom. The Hall–Kier alpha value is -1.80. The molecule has 1 atom stereocenters. The molecule has 0 aliphatic heterocycles. The average molecular weight is 315 g/mol. The second-order valence-corrected chi connectivity index (χ2v) is 6.64. The second-order valence-electron chi connectivity index (χ2n) is 4.82. The molecule has 0 aromatic carbocycles. The molecular weight excluding hydrogens is 302 g/mol. The van der Waals surface area contributed by atoms with E-state index in [2.05, 4.69) is 26.8 Å². The number of hydrogen-bond acceptors (Lipinski definition) is 6. The summed E-state index contributed by atoms with van der Waals surface area (Å²) in [6, 6.07) is 4.18. The van der Waals surface area contributed by atoms with E-state index in [0.29, 0.717) is 0 Å². The van der Waals surface area contributed by atoms with Gasteiger partial charge in [0.25, 0.3) is 0 Å². The summed E-state index contributed by atoms with van der Waals surface area (Å²) in [5.41, 5.74) is 6.02. The highest BCUT2D eigenvalue weighted by atomic mass is 32.1. The van der Waals surface area contributed by atoms with Crippen LogP contribution in [-0.4, -0.2) is 14.4 Å². The number of aromatic nitrogens is 3. The Morgan fingerprint density at radius 1 is 1.33 bits per heavy atom. The monoisotopic (exact) mass is 315 g/mol. The highest BCUT2D eigenvalue weighted by Gasteiger charge is 2.14. The maximum atomic E-state index is 5.74. The van der Waals surface area contributed by atoms with E-state index in [9.17, 15) is 0 Å². The number of thiazole rings is 1. The van der Waals surface area contributed by atoms with E-state index in [-0.39, 0.29) is 6.04 Å². The summed E-state index contributed by atoms with van der Waals surface area (Å²) < 4.78 is 3.22. The van der Waals surface area contributed by atoms with Crippen molar-refractivity contribution in [2.75, 3.05) is 0 Å². The molecule has 5 nitrogen and oxygen atoms in total. The van der Waals surface area contributed by atoms with Crippen molar-refractivity contribution in [2.24, 2.45) is 5.84 Å². The molecule has 0 spiro atoms. The van der Waals surface area contributed by atoms with Gasteiger partial charge in [-0.25, -0.2) is 4.98 Å². The number of hydrogen-bond donors (Lipinski definition) is 2. The Balaban J connectivity index is 1.65. The van der Waals surface area contributed by atoms with Gasteiger partial charge in [-0.05, 0) is 23.1 Å². The number of nitrogens with zero attached hydrogens (tertiary/aromatic N) is 3. The predicted octanol–water partition coefficient (Wildman–Crippen LogP) is 2.75. The highest BCUT2D eigenvalue weighted by molar-refractivity contribution is 7.17. The molecule has 0 aliphatic rings. The van der Waals surface area contributed by atoms with Crippen LogP contribution in [0.5, 0.6) is 0 Å². The first-order chi connectivity index (χ1) is 10.3. The van der Waals surface area contributed by atoms with Crippen LogP contribution in [0.2, 0.25) is 0 Å². The van der Waals surface area contributed by atoms with Gasteiger partial charge in [0.05, 0.1) is 22.0 Å². The maximum Gasteiger partial charge on any atom is 0.193 e. The van der Waals surface area contributed by atoms with Crippen molar-refractivity contribution in [2.45, 2.75) is 12.5 Å². The molecule has 0 amide bonds. The summed E-state index contributed by atoms with van der Waals surface area (Å²) in [7, 11) is 0. The first-order valence-electron chi connectivity index (χ1n) is 6.54. The molecule has 1 unspecified atom stereocenters. The molecule has 3 N–H and O–H groups in total. The van der Waals surface area contributed by atoms with E-state index in [1.165, 1.54) is 4.70 Å². The number of pyridine rings is 1. The smallest absolute Gasteiger partial charge is 0.193 e. The van der Waals surface area contributed by atoms with E-state index in [1.807, 2.05) is 34.4 Å². The molecule has 4 aromatic heterocycles. The molecule has 4 aromatic rings. The molecule has 7 heteroatoms. The van der Waals surface area contributed by atoms with Gasteiger partial charge in [0, 0.05) is 30.4 Å². The molecule has 0 aliphatic carbocycles. The molecule has 0 bridgehead atoms. The third-order valence-electron chi connectivity index (χ3n) is 3.48. The minimum absolute atomic E-state index is 0.00797. The van der Waals surface area contributed by atoms with Crippen molar-refractivity contribution < 1.29 is 0 Å². The number of imidazole rings is 1. The number of nitrogens with one attached hydrogen (secondary N) is 1. The Bertz CT molecular complexity index is 862. The third kappa shape index (κ3) is 2.34. The van der Waals surface area contributed by atoms with E-state index < -0.39 is 0 Å². The maximum absolute atomic E-state index is 5.74. The number of hydrazine groups is 1. The van der Waals surface area contributed by atoms with Gasteiger partial charge >= 0.3 is 0 Å². The van der Waals surface area contributed by atoms with Crippen molar-refractivity contribution in [3.05, 3.63) is 52.7 Å². The summed E-state index contributed by atoms with van der Waals surface area (Å²) in [5.74, 6) is 5.74. The highest BCUT2D eigenvalue weighted by Crippen LogP contribution is 2.24. The number of thiophene rings is 1. The van der Waals surface area contributed by atoms with Gasteiger partial charge in [-0.1, -0.05) is 0 Å². The minimum Gasteiger partial charge on any atom is -0.297 e.